The van der Waals surface area contributed by atoms with Crippen LogP contribution in [0.2, 0.25) is 0 Å². The first kappa shape index (κ1) is 10.1. The molecular formula is C10H14O3. The zero-order valence-electron chi connectivity index (χ0n) is 7.69. The number of hydrogen-bond acceptors (Lipinski definition) is 3. The summed E-state index contributed by atoms with van der Waals surface area (Å²) in [6.45, 7) is 1.50. The molecule has 0 saturated heterocycles. The molecule has 0 heterocycles. The number of aliphatic hydroxyl groups is 1. The van der Waals surface area contributed by atoms with Crippen LogP contribution in [-0.4, -0.2) is 22.8 Å². The van der Waals surface area contributed by atoms with Crippen LogP contribution < -0.4 is 0 Å². The second kappa shape index (κ2) is 4.33. The molecule has 0 fully saturated rings. The number of hydrogen-bond donors (Lipinski definition) is 1. The van der Waals surface area contributed by atoms with Crippen molar-refractivity contribution in [3.05, 3.63) is 12.2 Å². The minimum atomic E-state index is -0.600. The van der Waals surface area contributed by atoms with Crippen LogP contribution in [0.25, 0.3) is 0 Å². The van der Waals surface area contributed by atoms with Crippen LogP contribution in [-0.2, 0) is 9.59 Å². The Hall–Kier alpha value is -0.960. The Labute approximate surface area is 77.4 Å². The van der Waals surface area contributed by atoms with Crippen molar-refractivity contribution >= 4 is 11.6 Å². The van der Waals surface area contributed by atoms with E-state index in [2.05, 4.69) is 0 Å². The molecule has 1 aliphatic rings. The van der Waals surface area contributed by atoms with Crippen molar-refractivity contribution in [2.24, 2.45) is 5.92 Å². The van der Waals surface area contributed by atoms with Crippen molar-refractivity contribution in [1.82, 2.24) is 0 Å². The summed E-state index contributed by atoms with van der Waals surface area (Å²) in [5.74, 6) is -0.358. The predicted molar refractivity (Wildman–Crippen MR) is 48.2 cm³/mol. The summed E-state index contributed by atoms with van der Waals surface area (Å²) in [6, 6.07) is 0. The highest BCUT2D eigenvalue weighted by Gasteiger charge is 2.26. The summed E-state index contributed by atoms with van der Waals surface area (Å²) >= 11 is 0. The highest BCUT2D eigenvalue weighted by molar-refractivity contribution is 5.93. The molecule has 1 aliphatic carbocycles. The summed E-state index contributed by atoms with van der Waals surface area (Å²) in [5.41, 5.74) is 0. The van der Waals surface area contributed by atoms with Crippen LogP contribution in [0.3, 0.4) is 0 Å². The Bertz CT molecular complexity index is 243. The lowest BCUT2D eigenvalue weighted by Crippen LogP contribution is -2.30. The Balaban J connectivity index is 2.51. The first-order valence-electron chi connectivity index (χ1n) is 4.49. The second-order valence-electron chi connectivity index (χ2n) is 3.45. The van der Waals surface area contributed by atoms with Gasteiger partial charge in [-0.15, -0.1) is 0 Å². The largest absolute Gasteiger partial charge is 0.392 e. The van der Waals surface area contributed by atoms with Gasteiger partial charge in [0.15, 0.2) is 5.78 Å². The molecule has 2 atom stereocenters. The van der Waals surface area contributed by atoms with Crippen LogP contribution in [0.1, 0.15) is 26.2 Å². The van der Waals surface area contributed by atoms with Crippen LogP contribution >= 0.6 is 0 Å². The van der Waals surface area contributed by atoms with E-state index in [1.54, 1.807) is 6.08 Å². The van der Waals surface area contributed by atoms with Crippen LogP contribution in [0.15, 0.2) is 12.2 Å². The third-order valence-corrected chi connectivity index (χ3v) is 2.30. The van der Waals surface area contributed by atoms with E-state index in [0.717, 1.165) is 0 Å². The Morgan fingerprint density at radius 1 is 1.69 bits per heavy atom. The van der Waals surface area contributed by atoms with E-state index in [4.69, 9.17) is 0 Å². The maximum Gasteiger partial charge on any atom is 0.161 e. The molecule has 1 rings (SSSR count). The molecule has 0 saturated carbocycles. The maximum atomic E-state index is 11.3. The third kappa shape index (κ3) is 2.77. The molecule has 1 N–H and O–H groups in total. The van der Waals surface area contributed by atoms with Gasteiger partial charge in [-0.05, 0) is 25.8 Å². The number of ketones is 2. The number of aliphatic hydroxyl groups excluding tert-OH is 1. The molecule has 13 heavy (non-hydrogen) atoms. The number of allylic oxidation sites excluding steroid dienone is 1. The smallest absolute Gasteiger partial charge is 0.161 e. The number of carbonyl (C=O) groups excluding carboxylic acids is 2. The highest BCUT2D eigenvalue weighted by Crippen LogP contribution is 2.20. The molecule has 3 heteroatoms. The van der Waals surface area contributed by atoms with Gasteiger partial charge in [0.1, 0.15) is 5.78 Å². The summed E-state index contributed by atoms with van der Waals surface area (Å²) in [7, 11) is 0. The van der Waals surface area contributed by atoms with Gasteiger partial charge in [-0.2, -0.15) is 0 Å². The summed E-state index contributed by atoms with van der Waals surface area (Å²) in [5, 5.41) is 9.47. The molecule has 0 aromatic carbocycles. The normalized spacial score (nSPS) is 27.7. The Morgan fingerprint density at radius 2 is 2.38 bits per heavy atom. The number of Topliss-reactive ketones (excluding diaryl/α,β-unsaturated/α-hetero) is 1. The standard InChI is InChI=1S/C10H14O3/c1-7(11)5-6-8-9(12)3-2-4-10(8)13/h2-3,8,10,13H,4-6H2,1H3. The molecule has 0 aromatic rings. The van der Waals surface area contributed by atoms with Gasteiger partial charge in [-0.3, -0.25) is 4.79 Å². The molecular weight excluding hydrogens is 168 g/mol. The Morgan fingerprint density at radius 3 is 2.92 bits per heavy atom. The van der Waals surface area contributed by atoms with Gasteiger partial charge in [-0.25, -0.2) is 0 Å². The van der Waals surface area contributed by atoms with Crippen molar-refractivity contribution in [1.29, 1.82) is 0 Å². The van der Waals surface area contributed by atoms with Gasteiger partial charge in [-0.1, -0.05) is 6.08 Å². The topological polar surface area (TPSA) is 54.4 Å². The fourth-order valence-corrected chi connectivity index (χ4v) is 1.49. The maximum absolute atomic E-state index is 11.3. The molecule has 0 spiro atoms. The van der Waals surface area contributed by atoms with E-state index < -0.39 is 6.10 Å². The molecule has 0 bridgehead atoms. The molecule has 0 amide bonds. The fraction of sp³-hybridized carbons (Fsp3) is 0.600. The van der Waals surface area contributed by atoms with Crippen molar-refractivity contribution in [3.8, 4) is 0 Å². The zero-order valence-corrected chi connectivity index (χ0v) is 7.69. The van der Waals surface area contributed by atoms with Crippen molar-refractivity contribution in [3.63, 3.8) is 0 Å². The molecule has 2 unspecified atom stereocenters. The summed E-state index contributed by atoms with van der Waals surface area (Å²) in [6.07, 6.45) is 3.95. The fourth-order valence-electron chi connectivity index (χ4n) is 1.49. The SMILES string of the molecule is CC(=O)CCC1C(=O)C=CCC1O. The monoisotopic (exact) mass is 182 g/mol. The quantitative estimate of drug-likeness (QED) is 0.704. The van der Waals surface area contributed by atoms with Crippen molar-refractivity contribution in [2.45, 2.75) is 32.3 Å². The summed E-state index contributed by atoms with van der Waals surface area (Å²) in [4.78, 5) is 21.9. The first-order chi connectivity index (χ1) is 6.11. The molecule has 72 valence electrons. The van der Waals surface area contributed by atoms with Gasteiger partial charge in [0, 0.05) is 12.3 Å². The lowest BCUT2D eigenvalue weighted by molar-refractivity contribution is -0.123. The van der Waals surface area contributed by atoms with Gasteiger partial charge < -0.3 is 9.90 Å². The number of rotatable bonds is 3. The average molecular weight is 182 g/mol. The van der Waals surface area contributed by atoms with E-state index in [1.807, 2.05) is 0 Å². The van der Waals surface area contributed by atoms with Crippen molar-refractivity contribution in [2.75, 3.05) is 0 Å². The van der Waals surface area contributed by atoms with E-state index >= 15 is 0 Å². The Kier molecular flexibility index (Phi) is 3.37. The van der Waals surface area contributed by atoms with Gasteiger partial charge in [0.05, 0.1) is 6.10 Å². The number of carbonyl (C=O) groups is 2. The van der Waals surface area contributed by atoms with Crippen LogP contribution in [0, 0.1) is 5.92 Å². The van der Waals surface area contributed by atoms with Gasteiger partial charge in [0.25, 0.3) is 0 Å². The first-order valence-corrected chi connectivity index (χ1v) is 4.49. The molecule has 0 aromatic heterocycles. The molecule has 0 aliphatic heterocycles. The molecule has 0 radical (unpaired) electrons. The van der Waals surface area contributed by atoms with E-state index in [0.29, 0.717) is 19.3 Å². The van der Waals surface area contributed by atoms with Gasteiger partial charge in [0.2, 0.25) is 0 Å². The predicted octanol–water partition coefficient (Wildman–Crippen LogP) is 0.862. The van der Waals surface area contributed by atoms with E-state index in [1.165, 1.54) is 13.0 Å². The lowest BCUT2D eigenvalue weighted by atomic mass is 9.86. The molecule has 3 nitrogen and oxygen atoms in total. The second-order valence-corrected chi connectivity index (χ2v) is 3.45. The highest BCUT2D eigenvalue weighted by atomic mass is 16.3. The minimum Gasteiger partial charge on any atom is -0.392 e. The van der Waals surface area contributed by atoms with Crippen LogP contribution in [0.4, 0.5) is 0 Å². The van der Waals surface area contributed by atoms with Crippen LogP contribution in [0.5, 0.6) is 0 Å². The minimum absolute atomic E-state index is 0.0556. The van der Waals surface area contributed by atoms with Gasteiger partial charge >= 0.3 is 0 Å². The average Bonchev–Trinajstić information content (AvgIpc) is 2.03. The van der Waals surface area contributed by atoms with E-state index in [-0.39, 0.29) is 17.5 Å². The van der Waals surface area contributed by atoms with E-state index in [9.17, 15) is 14.7 Å². The van der Waals surface area contributed by atoms with Crippen molar-refractivity contribution < 1.29 is 14.7 Å². The summed E-state index contributed by atoms with van der Waals surface area (Å²) < 4.78 is 0. The lowest BCUT2D eigenvalue weighted by Gasteiger charge is -2.21. The third-order valence-electron chi connectivity index (χ3n) is 2.30. The zero-order chi connectivity index (χ0) is 9.84.